The lowest BCUT2D eigenvalue weighted by atomic mass is 9.97. The fraction of sp³-hybridized carbons (Fsp3) is 1.00. The van der Waals surface area contributed by atoms with Crippen LogP contribution in [0, 0.1) is 5.92 Å². The summed E-state index contributed by atoms with van der Waals surface area (Å²) in [5.74, 6) is 0.986. The molecule has 0 aromatic carbocycles. The molecule has 1 nitrogen and oxygen atoms in total. The Morgan fingerprint density at radius 1 is 1.09 bits per heavy atom. The van der Waals surface area contributed by atoms with Gasteiger partial charge in [0.05, 0.1) is 26.2 Å². The predicted octanol–water partition coefficient (Wildman–Crippen LogP) is 2.27. The van der Waals surface area contributed by atoms with Crippen LogP contribution in [0.2, 0.25) is 0 Å². The van der Waals surface area contributed by atoms with Crippen LogP contribution < -0.4 is 0 Å². The largest absolute Gasteiger partial charge is 0.324 e. The van der Waals surface area contributed by atoms with Crippen molar-refractivity contribution in [1.82, 2.24) is 0 Å². The molecule has 1 fully saturated rings. The van der Waals surface area contributed by atoms with Crippen molar-refractivity contribution < 1.29 is 4.48 Å². The first-order valence-corrected chi connectivity index (χ1v) is 5.07. The van der Waals surface area contributed by atoms with Crippen molar-refractivity contribution >= 4 is 0 Å². The second kappa shape index (κ2) is 3.57. The number of likely N-dealkylation sites (tertiary alicyclic amines) is 1. The standard InChI is InChI=1S/C10H22N/c1-4-11(5-2)8-6-10(3)7-9-11/h10H,4-9H2,1-3H3/q+1. The number of hydrogen-bond acceptors (Lipinski definition) is 0. The molecule has 0 aromatic rings. The summed E-state index contributed by atoms with van der Waals surface area (Å²) in [5.41, 5.74) is 0. The Hall–Kier alpha value is -0.0400. The number of nitrogens with zero attached hydrogens (tertiary/aromatic N) is 1. The van der Waals surface area contributed by atoms with Gasteiger partial charge in [-0.2, -0.15) is 0 Å². The van der Waals surface area contributed by atoms with Crippen molar-refractivity contribution in [3.8, 4) is 0 Å². The third-order valence-corrected chi connectivity index (χ3v) is 3.53. The molecule has 0 N–H and O–H groups in total. The minimum absolute atomic E-state index is 0.986. The van der Waals surface area contributed by atoms with Gasteiger partial charge in [-0.25, -0.2) is 0 Å². The molecule has 0 aliphatic carbocycles. The highest BCUT2D eigenvalue weighted by Crippen LogP contribution is 2.22. The highest BCUT2D eigenvalue weighted by Gasteiger charge is 2.28. The monoisotopic (exact) mass is 156 g/mol. The SMILES string of the molecule is CC[N+]1(CC)CCC(C)CC1. The lowest BCUT2D eigenvalue weighted by molar-refractivity contribution is -0.930. The summed E-state index contributed by atoms with van der Waals surface area (Å²) in [7, 11) is 0. The normalized spacial score (nSPS) is 25.4. The number of rotatable bonds is 2. The van der Waals surface area contributed by atoms with E-state index >= 15 is 0 Å². The molecule has 0 spiro atoms. The zero-order chi connectivity index (χ0) is 8.32. The van der Waals surface area contributed by atoms with Gasteiger partial charge in [0.25, 0.3) is 0 Å². The predicted molar refractivity (Wildman–Crippen MR) is 49.5 cm³/mol. The van der Waals surface area contributed by atoms with Crippen molar-refractivity contribution in [3.63, 3.8) is 0 Å². The van der Waals surface area contributed by atoms with E-state index in [0.29, 0.717) is 0 Å². The highest BCUT2D eigenvalue weighted by atomic mass is 15.3. The highest BCUT2D eigenvalue weighted by molar-refractivity contribution is 4.59. The van der Waals surface area contributed by atoms with Gasteiger partial charge in [0, 0.05) is 0 Å². The maximum Gasteiger partial charge on any atom is 0.0789 e. The lowest BCUT2D eigenvalue weighted by Gasteiger charge is -2.41. The third-order valence-electron chi connectivity index (χ3n) is 3.53. The van der Waals surface area contributed by atoms with Gasteiger partial charge in [-0.1, -0.05) is 6.92 Å². The molecule has 1 saturated heterocycles. The molecular formula is C10H22N+. The Morgan fingerprint density at radius 2 is 1.55 bits per heavy atom. The van der Waals surface area contributed by atoms with E-state index in [2.05, 4.69) is 20.8 Å². The molecule has 0 unspecified atom stereocenters. The molecule has 1 aliphatic heterocycles. The van der Waals surface area contributed by atoms with Crippen LogP contribution in [0.5, 0.6) is 0 Å². The zero-order valence-corrected chi connectivity index (χ0v) is 8.27. The first-order valence-electron chi connectivity index (χ1n) is 5.07. The molecule has 1 heteroatoms. The van der Waals surface area contributed by atoms with E-state index in [-0.39, 0.29) is 0 Å². The number of quaternary nitrogens is 1. The molecule has 0 atom stereocenters. The Morgan fingerprint density at radius 3 is 1.91 bits per heavy atom. The van der Waals surface area contributed by atoms with Crippen LogP contribution in [0.3, 0.4) is 0 Å². The van der Waals surface area contributed by atoms with E-state index in [4.69, 9.17) is 0 Å². The summed E-state index contributed by atoms with van der Waals surface area (Å²) in [6.07, 6.45) is 2.89. The van der Waals surface area contributed by atoms with Crippen molar-refractivity contribution in [2.75, 3.05) is 26.2 Å². The van der Waals surface area contributed by atoms with Gasteiger partial charge in [0.1, 0.15) is 0 Å². The molecule has 0 aromatic heterocycles. The summed E-state index contributed by atoms with van der Waals surface area (Å²) >= 11 is 0. The molecule has 1 heterocycles. The smallest absolute Gasteiger partial charge is 0.0789 e. The molecular weight excluding hydrogens is 134 g/mol. The van der Waals surface area contributed by atoms with Crippen molar-refractivity contribution in [2.45, 2.75) is 33.6 Å². The quantitative estimate of drug-likeness (QED) is 0.538. The second-order valence-electron chi connectivity index (χ2n) is 4.10. The molecule has 11 heavy (non-hydrogen) atoms. The van der Waals surface area contributed by atoms with E-state index in [1.54, 1.807) is 0 Å². The van der Waals surface area contributed by atoms with Gasteiger partial charge >= 0.3 is 0 Å². The summed E-state index contributed by atoms with van der Waals surface area (Å²) in [6, 6.07) is 0. The van der Waals surface area contributed by atoms with Gasteiger partial charge in [-0.3, -0.25) is 0 Å². The molecule has 0 amide bonds. The van der Waals surface area contributed by atoms with Crippen LogP contribution >= 0.6 is 0 Å². The second-order valence-corrected chi connectivity index (χ2v) is 4.10. The number of piperidine rings is 1. The minimum atomic E-state index is 0.986. The van der Waals surface area contributed by atoms with Crippen LogP contribution in [0.25, 0.3) is 0 Å². The first-order chi connectivity index (χ1) is 5.22. The van der Waals surface area contributed by atoms with Crippen LogP contribution in [0.15, 0.2) is 0 Å². The Bertz CT molecular complexity index is 106. The third kappa shape index (κ3) is 1.96. The van der Waals surface area contributed by atoms with E-state index in [9.17, 15) is 0 Å². The fourth-order valence-electron chi connectivity index (χ4n) is 2.10. The average molecular weight is 156 g/mol. The zero-order valence-electron chi connectivity index (χ0n) is 8.27. The van der Waals surface area contributed by atoms with Gasteiger partial charge in [0.15, 0.2) is 0 Å². The minimum Gasteiger partial charge on any atom is -0.324 e. The van der Waals surface area contributed by atoms with E-state index in [1.165, 1.54) is 43.5 Å². The fourth-order valence-corrected chi connectivity index (χ4v) is 2.10. The molecule has 1 rings (SSSR count). The number of hydrogen-bond donors (Lipinski definition) is 0. The van der Waals surface area contributed by atoms with Crippen LogP contribution in [-0.2, 0) is 0 Å². The van der Waals surface area contributed by atoms with Crippen molar-refractivity contribution in [3.05, 3.63) is 0 Å². The summed E-state index contributed by atoms with van der Waals surface area (Å²) in [4.78, 5) is 0. The molecule has 1 aliphatic rings. The van der Waals surface area contributed by atoms with Gasteiger partial charge in [0.2, 0.25) is 0 Å². The van der Waals surface area contributed by atoms with Crippen molar-refractivity contribution in [1.29, 1.82) is 0 Å². The Balaban J connectivity index is 2.45. The van der Waals surface area contributed by atoms with Crippen LogP contribution in [0.4, 0.5) is 0 Å². The molecule has 0 bridgehead atoms. The Labute approximate surface area is 71.0 Å². The van der Waals surface area contributed by atoms with E-state index < -0.39 is 0 Å². The molecule has 0 saturated carbocycles. The summed E-state index contributed by atoms with van der Waals surface area (Å²) in [5, 5.41) is 0. The van der Waals surface area contributed by atoms with Crippen molar-refractivity contribution in [2.24, 2.45) is 5.92 Å². The van der Waals surface area contributed by atoms with E-state index in [0.717, 1.165) is 5.92 Å². The maximum absolute atomic E-state index is 2.39. The maximum atomic E-state index is 2.39. The van der Waals surface area contributed by atoms with Gasteiger partial charge in [-0.05, 0) is 32.6 Å². The topological polar surface area (TPSA) is 0 Å². The van der Waals surface area contributed by atoms with Gasteiger partial charge in [-0.15, -0.1) is 0 Å². The summed E-state index contributed by atoms with van der Waals surface area (Å²) in [6.45, 7) is 12.6. The first kappa shape index (κ1) is 9.05. The molecule has 66 valence electrons. The van der Waals surface area contributed by atoms with Crippen LogP contribution in [-0.4, -0.2) is 30.7 Å². The van der Waals surface area contributed by atoms with E-state index in [1.807, 2.05) is 0 Å². The van der Waals surface area contributed by atoms with Gasteiger partial charge < -0.3 is 4.48 Å². The molecule has 0 radical (unpaired) electrons. The summed E-state index contributed by atoms with van der Waals surface area (Å²) < 4.78 is 1.38. The van der Waals surface area contributed by atoms with Crippen LogP contribution in [0.1, 0.15) is 33.6 Å². The average Bonchev–Trinajstić information content (AvgIpc) is 2.07. The Kier molecular flexibility index (Phi) is 2.94. The lowest BCUT2D eigenvalue weighted by Crippen LogP contribution is -2.52.